The predicted molar refractivity (Wildman–Crippen MR) is 156 cm³/mol. The fourth-order valence-electron chi connectivity index (χ4n) is 6.04. The van der Waals surface area contributed by atoms with Crippen molar-refractivity contribution < 1.29 is 20.5 Å². The van der Waals surface area contributed by atoms with E-state index in [1.165, 1.54) is 12.1 Å². The van der Waals surface area contributed by atoms with E-state index in [2.05, 4.69) is 0 Å². The van der Waals surface area contributed by atoms with Gasteiger partial charge < -0.3 is 0 Å². The summed E-state index contributed by atoms with van der Waals surface area (Å²) in [6.45, 7) is 0. The van der Waals surface area contributed by atoms with Gasteiger partial charge in [0.1, 0.15) is 9.79 Å². The fourth-order valence-corrected chi connectivity index (χ4v) is 8.92. The number of rotatable bonds is 4. The molecular formula is C32H18O5S2. The van der Waals surface area contributed by atoms with E-state index in [4.69, 9.17) is 3.63 Å². The molecule has 0 aliphatic heterocycles. The first-order valence-corrected chi connectivity index (χ1v) is 15.2. The molecule has 0 bridgehead atoms. The van der Waals surface area contributed by atoms with Crippen molar-refractivity contribution in [2.24, 2.45) is 0 Å². The largest absolute Gasteiger partial charge is 0.312 e. The van der Waals surface area contributed by atoms with Crippen molar-refractivity contribution in [3.05, 3.63) is 109 Å². The SMILES string of the molecule is O=S(=O)(OS(=O)(=O)c1ccc2ccc3cccc4ccc1c2c34)c1ccc2ccc3cccc4ccc1c2c34. The van der Waals surface area contributed by atoms with Crippen molar-refractivity contribution in [3.8, 4) is 0 Å². The summed E-state index contributed by atoms with van der Waals surface area (Å²) in [5.41, 5.74) is 0. The van der Waals surface area contributed by atoms with Crippen LogP contribution in [0.25, 0.3) is 64.6 Å². The van der Waals surface area contributed by atoms with Gasteiger partial charge in [0.15, 0.2) is 0 Å². The van der Waals surface area contributed by atoms with Crippen molar-refractivity contribution >= 4 is 84.9 Å². The third-order valence-electron chi connectivity index (χ3n) is 7.70. The minimum Gasteiger partial charge on any atom is -0.193 e. The monoisotopic (exact) mass is 546 g/mol. The Morgan fingerprint density at radius 2 is 0.667 bits per heavy atom. The molecule has 8 aromatic carbocycles. The van der Waals surface area contributed by atoms with Gasteiger partial charge in [0.2, 0.25) is 0 Å². The molecule has 8 rings (SSSR count). The topological polar surface area (TPSA) is 77.5 Å². The van der Waals surface area contributed by atoms with E-state index in [0.717, 1.165) is 53.9 Å². The van der Waals surface area contributed by atoms with Gasteiger partial charge in [-0.2, -0.15) is 16.8 Å². The smallest absolute Gasteiger partial charge is 0.193 e. The summed E-state index contributed by atoms with van der Waals surface area (Å²) >= 11 is 0. The summed E-state index contributed by atoms with van der Waals surface area (Å²) in [5.74, 6) is 0. The third kappa shape index (κ3) is 3.15. The Kier molecular flexibility index (Phi) is 4.44. The lowest BCUT2D eigenvalue weighted by atomic mass is 9.94. The third-order valence-corrected chi connectivity index (χ3v) is 10.9. The molecule has 0 unspecified atom stereocenters. The van der Waals surface area contributed by atoms with Crippen LogP contribution in [0.2, 0.25) is 0 Å². The van der Waals surface area contributed by atoms with E-state index in [1.54, 1.807) is 24.3 Å². The molecule has 0 saturated heterocycles. The molecule has 0 aliphatic rings. The average Bonchev–Trinajstić information content (AvgIpc) is 2.94. The Labute approximate surface area is 223 Å². The lowest BCUT2D eigenvalue weighted by molar-refractivity contribution is 0.463. The average molecular weight is 547 g/mol. The molecule has 0 aromatic heterocycles. The van der Waals surface area contributed by atoms with Gasteiger partial charge in [0.05, 0.1) is 0 Å². The zero-order valence-corrected chi connectivity index (χ0v) is 21.9. The molecule has 0 heterocycles. The molecule has 188 valence electrons. The van der Waals surface area contributed by atoms with E-state index < -0.39 is 20.2 Å². The highest BCUT2D eigenvalue weighted by atomic mass is 32.3. The molecule has 0 saturated carbocycles. The lowest BCUT2D eigenvalue weighted by Crippen LogP contribution is -2.15. The van der Waals surface area contributed by atoms with Crippen LogP contribution in [0.5, 0.6) is 0 Å². The molecule has 7 heteroatoms. The molecule has 8 aromatic rings. The van der Waals surface area contributed by atoms with Gasteiger partial charge in [-0.15, -0.1) is 3.63 Å². The van der Waals surface area contributed by atoms with Gasteiger partial charge in [0, 0.05) is 10.8 Å². The zero-order chi connectivity index (χ0) is 26.5. The van der Waals surface area contributed by atoms with Gasteiger partial charge in [-0.05, 0) is 66.0 Å². The van der Waals surface area contributed by atoms with Crippen molar-refractivity contribution in [1.82, 2.24) is 0 Å². The summed E-state index contributed by atoms with van der Waals surface area (Å²) in [7, 11) is -9.42. The van der Waals surface area contributed by atoms with Crippen molar-refractivity contribution in [2.45, 2.75) is 9.79 Å². The van der Waals surface area contributed by atoms with E-state index in [-0.39, 0.29) is 9.79 Å². The normalized spacial score (nSPS) is 13.1. The Morgan fingerprint density at radius 1 is 0.359 bits per heavy atom. The standard InChI is InChI=1S/C32H18O5S2/c33-38(34,27-17-13-23-9-7-19-3-1-5-21-11-15-25(27)31(23)29(19)21)37-39(35,36)28-18-14-24-10-8-20-4-2-6-22-12-16-26(28)32(24)30(20)22/h1-18H. The van der Waals surface area contributed by atoms with Crippen LogP contribution in [-0.2, 0) is 23.9 Å². The van der Waals surface area contributed by atoms with Gasteiger partial charge in [-0.25, -0.2) is 0 Å². The molecule has 39 heavy (non-hydrogen) atoms. The minimum atomic E-state index is -4.71. The van der Waals surface area contributed by atoms with Crippen LogP contribution in [0, 0.1) is 0 Å². The van der Waals surface area contributed by atoms with Crippen LogP contribution in [-0.4, -0.2) is 16.8 Å². The number of benzene rings is 8. The van der Waals surface area contributed by atoms with E-state index in [9.17, 15) is 16.8 Å². The van der Waals surface area contributed by atoms with Crippen LogP contribution in [0.3, 0.4) is 0 Å². The molecule has 0 atom stereocenters. The Bertz CT molecular complexity index is 2290. The Morgan fingerprint density at radius 3 is 1.05 bits per heavy atom. The van der Waals surface area contributed by atoms with E-state index >= 15 is 0 Å². The number of hydrogen-bond acceptors (Lipinski definition) is 5. The summed E-state index contributed by atoms with van der Waals surface area (Å²) < 4.78 is 59.7. The second-order valence-electron chi connectivity index (χ2n) is 9.82. The van der Waals surface area contributed by atoms with Crippen LogP contribution in [0.4, 0.5) is 0 Å². The Balaban J connectivity index is 1.32. The minimum absolute atomic E-state index is 0.186. The summed E-state index contributed by atoms with van der Waals surface area (Å²) in [5, 5.41) is 9.84. The van der Waals surface area contributed by atoms with Gasteiger partial charge in [-0.1, -0.05) is 97.1 Å². The highest BCUT2D eigenvalue weighted by molar-refractivity contribution is 8.00. The molecule has 0 spiro atoms. The highest BCUT2D eigenvalue weighted by Gasteiger charge is 2.31. The second-order valence-corrected chi connectivity index (χ2v) is 13.1. The predicted octanol–water partition coefficient (Wildman–Crippen LogP) is 7.58. The lowest BCUT2D eigenvalue weighted by Gasteiger charge is -2.15. The van der Waals surface area contributed by atoms with Gasteiger partial charge >= 0.3 is 20.2 Å². The Hall–Kier alpha value is -4.30. The highest BCUT2D eigenvalue weighted by Crippen LogP contribution is 2.40. The van der Waals surface area contributed by atoms with Crippen LogP contribution >= 0.6 is 0 Å². The molecule has 0 aliphatic carbocycles. The van der Waals surface area contributed by atoms with E-state index in [0.29, 0.717) is 10.8 Å². The van der Waals surface area contributed by atoms with Crippen molar-refractivity contribution in [3.63, 3.8) is 0 Å². The number of hydrogen-bond donors (Lipinski definition) is 0. The van der Waals surface area contributed by atoms with Crippen LogP contribution in [0.1, 0.15) is 0 Å². The van der Waals surface area contributed by atoms with Crippen LogP contribution < -0.4 is 0 Å². The zero-order valence-electron chi connectivity index (χ0n) is 20.3. The summed E-state index contributed by atoms with van der Waals surface area (Å²) in [6, 6.07) is 32.9. The maximum absolute atomic E-state index is 13.6. The first-order chi connectivity index (χ1) is 18.8. The molecule has 5 nitrogen and oxygen atoms in total. The van der Waals surface area contributed by atoms with E-state index in [1.807, 2.05) is 72.8 Å². The maximum atomic E-state index is 13.6. The second kappa shape index (κ2) is 7.64. The van der Waals surface area contributed by atoms with Crippen molar-refractivity contribution in [2.75, 3.05) is 0 Å². The quantitative estimate of drug-likeness (QED) is 0.213. The molecule has 0 fully saturated rings. The summed E-state index contributed by atoms with van der Waals surface area (Å²) in [6.07, 6.45) is 0. The van der Waals surface area contributed by atoms with Crippen LogP contribution in [0.15, 0.2) is 119 Å². The van der Waals surface area contributed by atoms with Gasteiger partial charge in [0.25, 0.3) is 0 Å². The van der Waals surface area contributed by atoms with Gasteiger partial charge in [-0.3, -0.25) is 0 Å². The summed E-state index contributed by atoms with van der Waals surface area (Å²) in [4.78, 5) is -0.371. The molecular weight excluding hydrogens is 528 g/mol. The molecule has 0 N–H and O–H groups in total. The first kappa shape index (κ1) is 22.7. The molecule has 0 amide bonds. The maximum Gasteiger partial charge on any atom is 0.312 e. The first-order valence-electron chi connectivity index (χ1n) is 12.4. The fraction of sp³-hybridized carbons (Fsp3) is 0. The molecule has 0 radical (unpaired) electrons. The van der Waals surface area contributed by atoms with Crippen molar-refractivity contribution in [1.29, 1.82) is 0 Å².